The van der Waals surface area contributed by atoms with E-state index in [1.165, 1.54) is 12.8 Å². The number of ether oxygens (including phenoxy) is 1. The summed E-state index contributed by atoms with van der Waals surface area (Å²) in [5.74, 6) is 1.47. The molecular weight excluding hydrogens is 226 g/mol. The lowest BCUT2D eigenvalue weighted by atomic mass is 10.2. The van der Waals surface area contributed by atoms with E-state index in [0.717, 1.165) is 25.4 Å². The average Bonchev–Trinajstić information content (AvgIpc) is 2.69. The summed E-state index contributed by atoms with van der Waals surface area (Å²) < 4.78 is 5.54. The molecule has 0 aliphatic carbocycles. The van der Waals surface area contributed by atoms with Gasteiger partial charge in [0.1, 0.15) is 16.8 Å². The third-order valence-electron chi connectivity index (χ3n) is 2.60. The number of aryl methyl sites for hydroxylation is 1. The summed E-state index contributed by atoms with van der Waals surface area (Å²) in [4.78, 5) is 8.26. The molecule has 1 unspecified atom stereocenters. The molecule has 1 fully saturated rings. The molecule has 1 aliphatic heterocycles. The van der Waals surface area contributed by atoms with Crippen molar-refractivity contribution >= 4 is 17.4 Å². The minimum absolute atomic E-state index is 0.408. The topological polar surface area (TPSA) is 47.0 Å². The quantitative estimate of drug-likeness (QED) is 0.823. The van der Waals surface area contributed by atoms with Crippen LogP contribution in [0.4, 0.5) is 5.82 Å². The van der Waals surface area contributed by atoms with E-state index in [-0.39, 0.29) is 0 Å². The molecule has 0 saturated carbocycles. The Morgan fingerprint density at radius 3 is 3.12 bits per heavy atom. The van der Waals surface area contributed by atoms with Crippen LogP contribution in [0.15, 0.2) is 6.07 Å². The molecule has 88 valence electrons. The fourth-order valence-corrected chi connectivity index (χ4v) is 2.08. The number of anilines is 1. The summed E-state index contributed by atoms with van der Waals surface area (Å²) in [6.45, 7) is 3.59. The van der Waals surface area contributed by atoms with Crippen molar-refractivity contribution in [3.8, 4) is 0 Å². The van der Waals surface area contributed by atoms with Crippen LogP contribution in [0.5, 0.6) is 0 Å². The van der Waals surface area contributed by atoms with Gasteiger partial charge in [-0.3, -0.25) is 0 Å². The van der Waals surface area contributed by atoms with Gasteiger partial charge < -0.3 is 10.1 Å². The minimum Gasteiger partial charge on any atom is -0.378 e. The van der Waals surface area contributed by atoms with Gasteiger partial charge in [-0.1, -0.05) is 11.6 Å². The SMILES string of the molecule is Cc1nc(Cl)cc(NCCC2CCCO2)n1. The highest BCUT2D eigenvalue weighted by Crippen LogP contribution is 2.16. The molecule has 5 heteroatoms. The maximum absolute atomic E-state index is 5.84. The highest BCUT2D eigenvalue weighted by atomic mass is 35.5. The Bertz CT molecular complexity index is 333. The highest BCUT2D eigenvalue weighted by molar-refractivity contribution is 6.29. The van der Waals surface area contributed by atoms with Gasteiger partial charge in [-0.25, -0.2) is 9.97 Å². The van der Waals surface area contributed by atoms with Crippen molar-refractivity contribution in [2.75, 3.05) is 18.5 Å². The minimum atomic E-state index is 0.408. The third kappa shape index (κ3) is 3.32. The van der Waals surface area contributed by atoms with Crippen molar-refractivity contribution < 1.29 is 4.74 Å². The first kappa shape index (κ1) is 11.6. The second-order valence-electron chi connectivity index (χ2n) is 3.97. The molecule has 0 spiro atoms. The van der Waals surface area contributed by atoms with Crippen LogP contribution in [0.25, 0.3) is 0 Å². The Kier molecular flexibility index (Phi) is 3.96. The lowest BCUT2D eigenvalue weighted by molar-refractivity contribution is 0.107. The van der Waals surface area contributed by atoms with Gasteiger partial charge >= 0.3 is 0 Å². The van der Waals surface area contributed by atoms with E-state index in [0.29, 0.717) is 17.1 Å². The van der Waals surface area contributed by atoms with E-state index < -0.39 is 0 Å². The van der Waals surface area contributed by atoms with Crippen molar-refractivity contribution in [2.45, 2.75) is 32.3 Å². The number of nitrogens with zero attached hydrogens (tertiary/aromatic N) is 2. The summed E-state index contributed by atoms with van der Waals surface area (Å²) in [7, 11) is 0. The summed E-state index contributed by atoms with van der Waals surface area (Å²) >= 11 is 5.84. The molecule has 1 N–H and O–H groups in total. The monoisotopic (exact) mass is 241 g/mol. The van der Waals surface area contributed by atoms with Gasteiger partial charge in [-0.05, 0) is 26.2 Å². The molecule has 2 rings (SSSR count). The molecule has 0 aromatic carbocycles. The molecule has 1 aliphatic rings. The molecule has 2 heterocycles. The van der Waals surface area contributed by atoms with Gasteiger partial charge in [0.2, 0.25) is 0 Å². The second kappa shape index (κ2) is 5.46. The predicted octanol–water partition coefficient (Wildman–Crippen LogP) is 2.42. The van der Waals surface area contributed by atoms with Crippen molar-refractivity contribution in [2.24, 2.45) is 0 Å². The second-order valence-corrected chi connectivity index (χ2v) is 4.36. The Balaban J connectivity index is 1.80. The summed E-state index contributed by atoms with van der Waals surface area (Å²) in [6, 6.07) is 1.74. The molecule has 0 amide bonds. The molecule has 0 radical (unpaired) electrons. The van der Waals surface area contributed by atoms with Crippen molar-refractivity contribution in [3.05, 3.63) is 17.0 Å². The van der Waals surface area contributed by atoms with E-state index >= 15 is 0 Å². The molecule has 1 aromatic rings. The van der Waals surface area contributed by atoms with Crippen LogP contribution >= 0.6 is 11.6 Å². The zero-order valence-electron chi connectivity index (χ0n) is 9.37. The smallest absolute Gasteiger partial charge is 0.134 e. The first-order valence-electron chi connectivity index (χ1n) is 5.61. The Morgan fingerprint density at radius 1 is 1.56 bits per heavy atom. The number of nitrogens with one attached hydrogen (secondary N) is 1. The average molecular weight is 242 g/mol. The van der Waals surface area contributed by atoms with Crippen molar-refractivity contribution in [3.63, 3.8) is 0 Å². The van der Waals surface area contributed by atoms with E-state index in [1.807, 2.05) is 6.92 Å². The Labute approximate surface area is 100 Å². The van der Waals surface area contributed by atoms with Crippen LogP contribution in [-0.2, 0) is 4.74 Å². The fraction of sp³-hybridized carbons (Fsp3) is 0.636. The molecule has 1 aromatic heterocycles. The first-order valence-corrected chi connectivity index (χ1v) is 5.98. The number of aromatic nitrogens is 2. The predicted molar refractivity (Wildman–Crippen MR) is 63.9 cm³/mol. The first-order chi connectivity index (χ1) is 7.74. The van der Waals surface area contributed by atoms with Crippen molar-refractivity contribution in [1.29, 1.82) is 0 Å². The fourth-order valence-electron chi connectivity index (χ4n) is 1.86. The van der Waals surface area contributed by atoms with Crippen molar-refractivity contribution in [1.82, 2.24) is 9.97 Å². The lowest BCUT2D eigenvalue weighted by Crippen LogP contribution is -2.13. The molecular formula is C11H16ClN3O. The van der Waals surface area contributed by atoms with E-state index in [2.05, 4.69) is 15.3 Å². The molecule has 1 saturated heterocycles. The van der Waals surface area contributed by atoms with Crippen LogP contribution in [0, 0.1) is 6.92 Å². The standard InChI is InChI=1S/C11H16ClN3O/c1-8-14-10(12)7-11(15-8)13-5-4-9-3-2-6-16-9/h7,9H,2-6H2,1H3,(H,13,14,15). The highest BCUT2D eigenvalue weighted by Gasteiger charge is 2.14. The maximum Gasteiger partial charge on any atom is 0.134 e. The van der Waals surface area contributed by atoms with Gasteiger partial charge in [0.15, 0.2) is 0 Å². The number of hydrogen-bond acceptors (Lipinski definition) is 4. The van der Waals surface area contributed by atoms with Crippen LogP contribution in [0.2, 0.25) is 5.15 Å². The van der Waals surface area contributed by atoms with E-state index in [1.54, 1.807) is 6.07 Å². The summed E-state index contributed by atoms with van der Waals surface area (Å²) in [5, 5.41) is 3.72. The zero-order chi connectivity index (χ0) is 11.4. The Morgan fingerprint density at radius 2 is 2.44 bits per heavy atom. The largest absolute Gasteiger partial charge is 0.378 e. The summed E-state index contributed by atoms with van der Waals surface area (Å²) in [5.41, 5.74) is 0. The van der Waals surface area contributed by atoms with Crippen LogP contribution < -0.4 is 5.32 Å². The molecule has 1 atom stereocenters. The zero-order valence-corrected chi connectivity index (χ0v) is 10.1. The van der Waals surface area contributed by atoms with Gasteiger partial charge in [0.25, 0.3) is 0 Å². The molecule has 0 bridgehead atoms. The van der Waals surface area contributed by atoms with Crippen LogP contribution in [0.3, 0.4) is 0 Å². The maximum atomic E-state index is 5.84. The Hall–Kier alpha value is -0.870. The van der Waals surface area contributed by atoms with Gasteiger partial charge in [0, 0.05) is 19.2 Å². The van der Waals surface area contributed by atoms with Crippen LogP contribution in [0.1, 0.15) is 25.1 Å². The van der Waals surface area contributed by atoms with Gasteiger partial charge in [0.05, 0.1) is 6.10 Å². The number of hydrogen-bond donors (Lipinski definition) is 1. The van der Waals surface area contributed by atoms with Gasteiger partial charge in [-0.15, -0.1) is 0 Å². The lowest BCUT2D eigenvalue weighted by Gasteiger charge is -2.10. The van der Waals surface area contributed by atoms with E-state index in [4.69, 9.17) is 16.3 Å². The third-order valence-corrected chi connectivity index (χ3v) is 2.80. The summed E-state index contributed by atoms with van der Waals surface area (Å²) in [6.07, 6.45) is 3.78. The number of rotatable bonds is 4. The molecule has 16 heavy (non-hydrogen) atoms. The molecule has 4 nitrogen and oxygen atoms in total. The normalized spacial score (nSPS) is 20.0. The number of halogens is 1. The van der Waals surface area contributed by atoms with E-state index in [9.17, 15) is 0 Å². The van der Waals surface area contributed by atoms with Gasteiger partial charge in [-0.2, -0.15) is 0 Å². The van der Waals surface area contributed by atoms with Crippen LogP contribution in [-0.4, -0.2) is 29.2 Å².